The number of halogens is 1. The lowest BCUT2D eigenvalue weighted by atomic mass is 10.2. The summed E-state index contributed by atoms with van der Waals surface area (Å²) < 4.78 is 32.2. The molecular weight excluding hydrogens is 429 g/mol. The first kappa shape index (κ1) is 21.8. The third-order valence-electron chi connectivity index (χ3n) is 4.72. The van der Waals surface area contributed by atoms with Crippen LogP contribution >= 0.6 is 0 Å². The van der Waals surface area contributed by atoms with E-state index in [1.807, 2.05) is 12.1 Å². The van der Waals surface area contributed by atoms with Crippen LogP contribution < -0.4 is 4.74 Å². The number of hydrogen-bond donors (Lipinski definition) is 0. The summed E-state index contributed by atoms with van der Waals surface area (Å²) in [6.45, 7) is 0.0649. The molecule has 0 saturated carbocycles. The molecule has 0 radical (unpaired) electrons. The number of nitrogens with zero attached hydrogens (tertiary/aromatic N) is 3. The molecule has 2 heterocycles. The predicted octanol–water partition coefficient (Wildman–Crippen LogP) is 3.82. The van der Waals surface area contributed by atoms with Crippen molar-refractivity contribution in [2.75, 3.05) is 20.3 Å². The fourth-order valence-electron chi connectivity index (χ4n) is 3.18. The van der Waals surface area contributed by atoms with Crippen LogP contribution in [-0.2, 0) is 9.47 Å². The van der Waals surface area contributed by atoms with Gasteiger partial charge in [0.2, 0.25) is 0 Å². The van der Waals surface area contributed by atoms with E-state index in [1.165, 1.54) is 30.1 Å². The number of carbonyl (C=O) groups excluding carboxylic acids is 2. The fraction of sp³-hybridized carbons (Fsp3) is 0.125. The Kier molecular flexibility index (Phi) is 6.49. The molecule has 0 spiro atoms. The van der Waals surface area contributed by atoms with Crippen LogP contribution in [0.4, 0.5) is 4.39 Å². The molecular formula is C24H20FN3O5. The smallest absolute Gasteiger partial charge is 0.343 e. The van der Waals surface area contributed by atoms with Crippen LogP contribution in [0.25, 0.3) is 11.5 Å². The van der Waals surface area contributed by atoms with Crippen LogP contribution in [0.3, 0.4) is 0 Å². The number of hydrogen-bond acceptors (Lipinski definition) is 6. The molecule has 9 heteroatoms. The Hall–Kier alpha value is -4.40. The average Bonchev–Trinajstić information content (AvgIpc) is 3.52. The highest BCUT2D eigenvalue weighted by Gasteiger charge is 2.21. The molecule has 168 valence electrons. The van der Waals surface area contributed by atoms with Gasteiger partial charge in [-0.25, -0.2) is 18.7 Å². The van der Waals surface area contributed by atoms with Gasteiger partial charge in [-0.1, -0.05) is 6.07 Å². The van der Waals surface area contributed by atoms with E-state index in [4.69, 9.17) is 9.47 Å². The first-order valence-corrected chi connectivity index (χ1v) is 10.0. The van der Waals surface area contributed by atoms with Crippen molar-refractivity contribution in [1.29, 1.82) is 0 Å². The zero-order valence-electron chi connectivity index (χ0n) is 17.7. The number of ether oxygens (including phenoxy) is 3. The molecule has 0 fully saturated rings. The first-order valence-electron chi connectivity index (χ1n) is 10.0. The summed E-state index contributed by atoms with van der Waals surface area (Å²) in [4.78, 5) is 24.4. The number of esters is 2. The maximum atomic E-state index is 13.3. The Bertz CT molecular complexity index is 1250. The summed E-state index contributed by atoms with van der Waals surface area (Å²) in [5.74, 6) is -0.513. The van der Waals surface area contributed by atoms with Crippen molar-refractivity contribution in [2.45, 2.75) is 0 Å². The Balaban J connectivity index is 1.45. The van der Waals surface area contributed by atoms with Gasteiger partial charge in [0.1, 0.15) is 30.3 Å². The lowest BCUT2D eigenvalue weighted by Crippen LogP contribution is -2.15. The van der Waals surface area contributed by atoms with E-state index in [-0.39, 0.29) is 24.6 Å². The summed E-state index contributed by atoms with van der Waals surface area (Å²) in [5, 5.41) is 4.30. The van der Waals surface area contributed by atoms with Crippen molar-refractivity contribution < 1.29 is 28.2 Å². The predicted molar refractivity (Wildman–Crippen MR) is 116 cm³/mol. The van der Waals surface area contributed by atoms with E-state index in [0.717, 1.165) is 0 Å². The van der Waals surface area contributed by atoms with E-state index < -0.39 is 11.9 Å². The quantitative estimate of drug-likeness (QED) is 0.300. The number of carbonyl (C=O) groups is 2. The normalized spacial score (nSPS) is 10.6. The maximum Gasteiger partial charge on any atom is 0.343 e. The number of aromatic nitrogens is 3. The molecule has 0 atom stereocenters. The average molecular weight is 449 g/mol. The van der Waals surface area contributed by atoms with Crippen LogP contribution in [0.1, 0.15) is 20.7 Å². The molecule has 2 aromatic heterocycles. The lowest BCUT2D eigenvalue weighted by molar-refractivity contribution is 0.0450. The second-order valence-corrected chi connectivity index (χ2v) is 6.86. The van der Waals surface area contributed by atoms with Crippen LogP contribution in [0, 0.1) is 5.82 Å². The van der Waals surface area contributed by atoms with E-state index in [2.05, 4.69) is 9.84 Å². The zero-order chi connectivity index (χ0) is 23.2. The first-order chi connectivity index (χ1) is 16.1. The summed E-state index contributed by atoms with van der Waals surface area (Å²) in [6, 6.07) is 15.9. The van der Waals surface area contributed by atoms with Crippen LogP contribution in [-0.4, -0.2) is 46.6 Å². The monoisotopic (exact) mass is 449 g/mol. The molecule has 4 aromatic rings. The van der Waals surface area contributed by atoms with Crippen LogP contribution in [0.5, 0.6) is 5.75 Å². The van der Waals surface area contributed by atoms with Crippen LogP contribution in [0.15, 0.2) is 79.3 Å². The van der Waals surface area contributed by atoms with Gasteiger partial charge in [0.05, 0.1) is 24.6 Å². The van der Waals surface area contributed by atoms with Gasteiger partial charge >= 0.3 is 11.9 Å². The Labute approximate surface area is 188 Å². The maximum absolute atomic E-state index is 13.3. The van der Waals surface area contributed by atoms with E-state index in [9.17, 15) is 14.0 Å². The van der Waals surface area contributed by atoms with Crippen LogP contribution in [0.2, 0.25) is 0 Å². The van der Waals surface area contributed by atoms with Gasteiger partial charge in [0, 0.05) is 12.4 Å². The highest BCUT2D eigenvalue weighted by Crippen LogP contribution is 2.21. The van der Waals surface area contributed by atoms with Gasteiger partial charge in [0.25, 0.3) is 0 Å². The van der Waals surface area contributed by atoms with E-state index in [0.29, 0.717) is 22.8 Å². The highest BCUT2D eigenvalue weighted by atomic mass is 19.1. The van der Waals surface area contributed by atoms with Crippen molar-refractivity contribution in [2.24, 2.45) is 0 Å². The standard InChI is InChI=1S/C24H20FN3O5/c1-31-23(29)17-5-4-6-20(15-17)32-13-14-33-24(30)21-16-26-28(19-9-7-18(25)8-10-19)22(21)27-11-2-3-12-27/h2-12,15-16H,13-14H2,1H3. The lowest BCUT2D eigenvalue weighted by Gasteiger charge is -2.11. The molecule has 0 N–H and O–H groups in total. The minimum absolute atomic E-state index is 0.0197. The zero-order valence-corrected chi connectivity index (χ0v) is 17.7. The Morgan fingerprint density at radius 3 is 2.45 bits per heavy atom. The van der Waals surface area contributed by atoms with Gasteiger partial charge in [-0.2, -0.15) is 5.10 Å². The molecule has 0 amide bonds. The number of methoxy groups -OCH3 is 1. The molecule has 0 bridgehead atoms. The van der Waals surface area contributed by atoms with E-state index in [1.54, 1.807) is 53.4 Å². The van der Waals surface area contributed by atoms with Crippen molar-refractivity contribution in [3.05, 3.63) is 96.2 Å². The third-order valence-corrected chi connectivity index (χ3v) is 4.72. The molecule has 0 unspecified atom stereocenters. The van der Waals surface area contributed by atoms with Crippen molar-refractivity contribution in [3.8, 4) is 17.3 Å². The number of benzene rings is 2. The molecule has 4 rings (SSSR count). The Morgan fingerprint density at radius 1 is 0.970 bits per heavy atom. The Morgan fingerprint density at radius 2 is 1.73 bits per heavy atom. The molecule has 0 saturated heterocycles. The molecule has 0 aliphatic carbocycles. The minimum Gasteiger partial charge on any atom is -0.490 e. The van der Waals surface area contributed by atoms with E-state index >= 15 is 0 Å². The molecule has 0 aliphatic rings. The fourth-order valence-corrected chi connectivity index (χ4v) is 3.18. The topological polar surface area (TPSA) is 84.6 Å². The van der Waals surface area contributed by atoms with Gasteiger partial charge in [0.15, 0.2) is 5.82 Å². The van der Waals surface area contributed by atoms with Crippen molar-refractivity contribution in [1.82, 2.24) is 14.3 Å². The molecule has 0 aliphatic heterocycles. The summed E-state index contributed by atoms with van der Waals surface area (Å²) in [7, 11) is 1.30. The van der Waals surface area contributed by atoms with Crippen molar-refractivity contribution >= 4 is 11.9 Å². The summed E-state index contributed by atoms with van der Waals surface area (Å²) in [5.41, 5.74) is 1.19. The summed E-state index contributed by atoms with van der Waals surface area (Å²) >= 11 is 0. The van der Waals surface area contributed by atoms with Gasteiger partial charge in [-0.3, -0.25) is 0 Å². The van der Waals surface area contributed by atoms with Gasteiger partial charge in [-0.05, 0) is 54.6 Å². The molecule has 2 aromatic carbocycles. The third kappa shape index (κ3) is 4.93. The second kappa shape index (κ2) is 9.82. The van der Waals surface area contributed by atoms with Gasteiger partial charge in [-0.15, -0.1) is 0 Å². The largest absolute Gasteiger partial charge is 0.490 e. The second-order valence-electron chi connectivity index (χ2n) is 6.86. The number of rotatable bonds is 8. The minimum atomic E-state index is -0.584. The van der Waals surface area contributed by atoms with Crippen molar-refractivity contribution in [3.63, 3.8) is 0 Å². The molecule has 8 nitrogen and oxygen atoms in total. The molecule has 33 heavy (non-hydrogen) atoms. The SMILES string of the molecule is COC(=O)c1cccc(OCCOC(=O)c2cnn(-c3ccc(F)cc3)c2-n2cccc2)c1. The summed E-state index contributed by atoms with van der Waals surface area (Å²) in [6.07, 6.45) is 4.94. The highest BCUT2D eigenvalue weighted by molar-refractivity contribution is 5.93. The van der Waals surface area contributed by atoms with Gasteiger partial charge < -0.3 is 18.8 Å².